The quantitative estimate of drug-likeness (QED) is 0.830. The number of carbonyl (C=O) groups excluding carboxylic acids is 1. The van der Waals surface area contributed by atoms with Crippen LogP contribution in [0.3, 0.4) is 0 Å². The SMILES string of the molecule is COCCN1CCC(CNC(=O)c2ccn(C(C)C)n2)CC1. The van der Waals surface area contributed by atoms with Gasteiger partial charge in [-0.05, 0) is 51.8 Å². The monoisotopic (exact) mass is 308 g/mol. The zero-order valence-electron chi connectivity index (χ0n) is 13.9. The Morgan fingerprint density at radius 1 is 1.45 bits per heavy atom. The van der Waals surface area contributed by atoms with Gasteiger partial charge in [-0.2, -0.15) is 5.10 Å². The average Bonchev–Trinajstić information content (AvgIpc) is 3.02. The number of nitrogens with one attached hydrogen (secondary N) is 1. The number of hydrogen-bond acceptors (Lipinski definition) is 4. The average molecular weight is 308 g/mol. The first kappa shape index (κ1) is 17.0. The molecule has 1 aromatic heterocycles. The maximum absolute atomic E-state index is 12.1. The third-order valence-electron chi connectivity index (χ3n) is 4.24. The molecule has 1 fully saturated rings. The fraction of sp³-hybridized carbons (Fsp3) is 0.750. The van der Waals surface area contributed by atoms with Gasteiger partial charge in [-0.1, -0.05) is 0 Å². The summed E-state index contributed by atoms with van der Waals surface area (Å²) in [7, 11) is 1.74. The lowest BCUT2D eigenvalue weighted by atomic mass is 9.97. The normalized spacial score (nSPS) is 17.1. The van der Waals surface area contributed by atoms with Gasteiger partial charge in [-0.25, -0.2) is 0 Å². The molecule has 0 bridgehead atoms. The van der Waals surface area contributed by atoms with E-state index in [4.69, 9.17) is 4.74 Å². The summed E-state index contributed by atoms with van der Waals surface area (Å²) in [4.78, 5) is 14.5. The van der Waals surface area contributed by atoms with Crippen molar-refractivity contribution in [2.75, 3.05) is 39.9 Å². The van der Waals surface area contributed by atoms with Gasteiger partial charge in [0.2, 0.25) is 0 Å². The van der Waals surface area contributed by atoms with E-state index in [2.05, 4.69) is 15.3 Å². The zero-order chi connectivity index (χ0) is 15.9. The molecular weight excluding hydrogens is 280 g/mol. The summed E-state index contributed by atoms with van der Waals surface area (Å²) in [6.45, 7) is 8.81. The van der Waals surface area contributed by atoms with Gasteiger partial charge in [0.1, 0.15) is 5.69 Å². The van der Waals surface area contributed by atoms with Crippen molar-refractivity contribution >= 4 is 5.91 Å². The van der Waals surface area contributed by atoms with Crippen LogP contribution in [0, 0.1) is 5.92 Å². The number of aromatic nitrogens is 2. The minimum absolute atomic E-state index is 0.0683. The number of nitrogens with zero attached hydrogens (tertiary/aromatic N) is 3. The lowest BCUT2D eigenvalue weighted by Crippen LogP contribution is -2.39. The van der Waals surface area contributed by atoms with Crippen molar-refractivity contribution in [2.24, 2.45) is 5.92 Å². The predicted octanol–water partition coefficient (Wildman–Crippen LogP) is 1.55. The third-order valence-corrected chi connectivity index (χ3v) is 4.24. The van der Waals surface area contributed by atoms with Crippen LogP contribution < -0.4 is 5.32 Å². The second-order valence-corrected chi connectivity index (χ2v) is 6.26. The van der Waals surface area contributed by atoms with Gasteiger partial charge < -0.3 is 15.0 Å². The first-order chi connectivity index (χ1) is 10.6. The highest BCUT2D eigenvalue weighted by Crippen LogP contribution is 2.16. The molecule has 0 spiro atoms. The summed E-state index contributed by atoms with van der Waals surface area (Å²) >= 11 is 0. The van der Waals surface area contributed by atoms with Crippen molar-refractivity contribution in [3.63, 3.8) is 0 Å². The lowest BCUT2D eigenvalue weighted by Gasteiger charge is -2.31. The molecule has 1 N–H and O–H groups in total. The summed E-state index contributed by atoms with van der Waals surface area (Å²) in [6, 6.07) is 2.06. The van der Waals surface area contributed by atoms with E-state index in [1.165, 1.54) is 0 Å². The minimum Gasteiger partial charge on any atom is -0.383 e. The van der Waals surface area contributed by atoms with Crippen molar-refractivity contribution in [1.82, 2.24) is 20.0 Å². The van der Waals surface area contributed by atoms with Crippen LogP contribution in [-0.4, -0.2) is 60.5 Å². The topological polar surface area (TPSA) is 59.4 Å². The summed E-state index contributed by atoms with van der Waals surface area (Å²) in [5, 5.41) is 7.32. The fourth-order valence-corrected chi connectivity index (χ4v) is 2.71. The number of carbonyl (C=O) groups is 1. The van der Waals surface area contributed by atoms with E-state index >= 15 is 0 Å². The first-order valence-electron chi connectivity index (χ1n) is 8.14. The maximum atomic E-state index is 12.1. The van der Waals surface area contributed by atoms with Crippen LogP contribution in [0.2, 0.25) is 0 Å². The molecule has 0 saturated carbocycles. The number of likely N-dealkylation sites (tertiary alicyclic amines) is 1. The molecule has 22 heavy (non-hydrogen) atoms. The standard InChI is InChI=1S/C16H28N4O2/c1-13(2)20-9-6-15(18-20)16(21)17-12-14-4-7-19(8-5-14)10-11-22-3/h6,9,13-14H,4-5,7-8,10-12H2,1-3H3,(H,17,21). The number of rotatable bonds is 7. The van der Waals surface area contributed by atoms with Gasteiger partial charge in [0.15, 0.2) is 0 Å². The highest BCUT2D eigenvalue weighted by Gasteiger charge is 2.20. The van der Waals surface area contributed by atoms with Crippen molar-refractivity contribution in [3.8, 4) is 0 Å². The van der Waals surface area contributed by atoms with E-state index in [0.717, 1.165) is 45.6 Å². The Kier molecular flexibility index (Phi) is 6.39. The number of piperidine rings is 1. The molecule has 1 saturated heterocycles. The minimum atomic E-state index is -0.0683. The van der Waals surface area contributed by atoms with Crippen LogP contribution in [0.1, 0.15) is 43.2 Å². The molecule has 6 nitrogen and oxygen atoms in total. The molecule has 1 aliphatic heterocycles. The van der Waals surface area contributed by atoms with Crippen LogP contribution in [0.5, 0.6) is 0 Å². The second-order valence-electron chi connectivity index (χ2n) is 6.26. The highest BCUT2D eigenvalue weighted by atomic mass is 16.5. The second kappa shape index (κ2) is 8.29. The summed E-state index contributed by atoms with van der Waals surface area (Å²) in [5.74, 6) is 0.496. The van der Waals surface area contributed by atoms with Crippen molar-refractivity contribution in [3.05, 3.63) is 18.0 Å². The van der Waals surface area contributed by atoms with E-state index in [1.807, 2.05) is 24.7 Å². The Morgan fingerprint density at radius 3 is 2.77 bits per heavy atom. The zero-order valence-corrected chi connectivity index (χ0v) is 13.9. The molecule has 2 rings (SSSR count). The van der Waals surface area contributed by atoms with Gasteiger partial charge >= 0.3 is 0 Å². The van der Waals surface area contributed by atoms with Gasteiger partial charge in [-0.15, -0.1) is 0 Å². The fourth-order valence-electron chi connectivity index (χ4n) is 2.71. The summed E-state index contributed by atoms with van der Waals surface area (Å²) < 4.78 is 6.92. The molecule has 124 valence electrons. The molecule has 0 atom stereocenters. The third kappa shape index (κ3) is 4.81. The van der Waals surface area contributed by atoms with Crippen LogP contribution in [0.15, 0.2) is 12.3 Å². The Morgan fingerprint density at radius 2 is 2.18 bits per heavy atom. The van der Waals surface area contributed by atoms with E-state index in [1.54, 1.807) is 13.2 Å². The summed E-state index contributed by atoms with van der Waals surface area (Å²) in [5.41, 5.74) is 0.506. The van der Waals surface area contributed by atoms with E-state index in [0.29, 0.717) is 11.6 Å². The molecule has 1 aromatic rings. The molecular formula is C16H28N4O2. The number of amides is 1. The number of hydrogen-bond donors (Lipinski definition) is 1. The van der Waals surface area contributed by atoms with Gasteiger partial charge in [0.05, 0.1) is 6.61 Å². The van der Waals surface area contributed by atoms with E-state index < -0.39 is 0 Å². The molecule has 2 heterocycles. The van der Waals surface area contributed by atoms with E-state index in [9.17, 15) is 4.79 Å². The maximum Gasteiger partial charge on any atom is 0.271 e. The molecule has 6 heteroatoms. The van der Waals surface area contributed by atoms with Gasteiger partial charge in [0.25, 0.3) is 5.91 Å². The van der Waals surface area contributed by atoms with Crippen molar-refractivity contribution < 1.29 is 9.53 Å². The lowest BCUT2D eigenvalue weighted by molar-refractivity contribution is 0.0920. The number of methoxy groups -OCH3 is 1. The molecule has 0 unspecified atom stereocenters. The molecule has 1 amide bonds. The van der Waals surface area contributed by atoms with Crippen LogP contribution in [0.4, 0.5) is 0 Å². The molecule has 1 aliphatic rings. The molecule has 0 aliphatic carbocycles. The Hall–Kier alpha value is -1.40. The smallest absolute Gasteiger partial charge is 0.271 e. The van der Waals surface area contributed by atoms with Crippen LogP contribution >= 0.6 is 0 Å². The summed E-state index contributed by atoms with van der Waals surface area (Å²) in [6.07, 6.45) is 4.11. The van der Waals surface area contributed by atoms with Crippen molar-refractivity contribution in [2.45, 2.75) is 32.7 Å². The Bertz CT molecular complexity index is 464. The van der Waals surface area contributed by atoms with Gasteiger partial charge in [-0.3, -0.25) is 9.48 Å². The molecule has 0 radical (unpaired) electrons. The Labute approximate surface area is 132 Å². The predicted molar refractivity (Wildman–Crippen MR) is 86.0 cm³/mol. The first-order valence-corrected chi connectivity index (χ1v) is 8.14. The molecule has 0 aromatic carbocycles. The van der Waals surface area contributed by atoms with Gasteiger partial charge in [0, 0.05) is 32.4 Å². The van der Waals surface area contributed by atoms with Crippen LogP contribution in [-0.2, 0) is 4.74 Å². The Balaban J connectivity index is 1.70. The number of ether oxygens (including phenoxy) is 1. The largest absolute Gasteiger partial charge is 0.383 e. The van der Waals surface area contributed by atoms with E-state index in [-0.39, 0.29) is 11.9 Å². The van der Waals surface area contributed by atoms with Crippen LogP contribution in [0.25, 0.3) is 0 Å². The van der Waals surface area contributed by atoms with Crippen molar-refractivity contribution in [1.29, 1.82) is 0 Å². The highest BCUT2D eigenvalue weighted by molar-refractivity contribution is 5.92.